The van der Waals surface area contributed by atoms with Crippen LogP contribution < -0.4 is 10.6 Å². The molecule has 0 fully saturated rings. The van der Waals surface area contributed by atoms with E-state index in [0.717, 1.165) is 6.07 Å². The van der Waals surface area contributed by atoms with Crippen LogP contribution in [0.2, 0.25) is 0 Å². The van der Waals surface area contributed by atoms with E-state index in [-0.39, 0.29) is 5.69 Å². The SMILES string of the molecule is C[C@@H](C(=O)Nc1cc(NC(=O)OC(C)(C)C)ccc1F)n1cncn1. The quantitative estimate of drug-likeness (QED) is 0.884. The molecule has 2 aromatic rings. The van der Waals surface area contributed by atoms with Crippen LogP contribution in [0.25, 0.3) is 0 Å². The van der Waals surface area contributed by atoms with E-state index in [1.54, 1.807) is 27.7 Å². The number of rotatable bonds is 4. The van der Waals surface area contributed by atoms with Gasteiger partial charge in [-0.05, 0) is 45.9 Å². The van der Waals surface area contributed by atoms with Gasteiger partial charge in [0.05, 0.1) is 5.69 Å². The van der Waals surface area contributed by atoms with Crippen LogP contribution in [0.3, 0.4) is 0 Å². The second-order valence-corrected chi connectivity index (χ2v) is 6.36. The maximum Gasteiger partial charge on any atom is 0.412 e. The Morgan fingerprint density at radius 2 is 2.00 bits per heavy atom. The number of benzene rings is 1. The van der Waals surface area contributed by atoms with Gasteiger partial charge in [-0.15, -0.1) is 0 Å². The Morgan fingerprint density at radius 1 is 1.28 bits per heavy atom. The highest BCUT2D eigenvalue weighted by molar-refractivity contribution is 5.94. The van der Waals surface area contributed by atoms with E-state index >= 15 is 0 Å². The number of nitrogens with one attached hydrogen (secondary N) is 2. The third-order valence-electron chi connectivity index (χ3n) is 3.08. The predicted octanol–water partition coefficient (Wildman–Crippen LogP) is 2.96. The van der Waals surface area contributed by atoms with E-state index in [1.165, 1.54) is 29.5 Å². The molecule has 0 aliphatic heterocycles. The van der Waals surface area contributed by atoms with Gasteiger partial charge in [-0.25, -0.2) is 18.9 Å². The normalized spacial score (nSPS) is 12.4. The van der Waals surface area contributed by atoms with Crippen LogP contribution in [0.1, 0.15) is 33.7 Å². The number of carbonyl (C=O) groups is 2. The summed E-state index contributed by atoms with van der Waals surface area (Å²) in [5, 5.41) is 8.82. The highest BCUT2D eigenvalue weighted by Crippen LogP contribution is 2.21. The number of carbonyl (C=O) groups excluding carboxylic acids is 2. The topological polar surface area (TPSA) is 98.1 Å². The molecule has 0 unspecified atom stereocenters. The number of anilines is 2. The molecule has 9 heteroatoms. The van der Waals surface area contributed by atoms with Gasteiger partial charge in [0, 0.05) is 5.69 Å². The Hall–Kier alpha value is -2.97. The van der Waals surface area contributed by atoms with Crippen molar-refractivity contribution in [2.45, 2.75) is 39.3 Å². The van der Waals surface area contributed by atoms with Gasteiger partial charge in [0.1, 0.15) is 30.1 Å². The first kappa shape index (κ1) is 18.4. The Labute approximate surface area is 144 Å². The van der Waals surface area contributed by atoms with Crippen LogP contribution in [0.15, 0.2) is 30.9 Å². The Bertz CT molecular complexity index is 756. The highest BCUT2D eigenvalue weighted by Gasteiger charge is 2.19. The number of amides is 2. The molecule has 0 spiro atoms. The molecule has 1 heterocycles. The van der Waals surface area contributed by atoms with Gasteiger partial charge in [0.15, 0.2) is 0 Å². The van der Waals surface area contributed by atoms with Crippen molar-refractivity contribution in [3.63, 3.8) is 0 Å². The molecule has 1 aromatic carbocycles. The fourth-order valence-corrected chi connectivity index (χ4v) is 1.89. The third-order valence-corrected chi connectivity index (χ3v) is 3.08. The lowest BCUT2D eigenvalue weighted by atomic mass is 10.2. The fourth-order valence-electron chi connectivity index (χ4n) is 1.89. The van der Waals surface area contributed by atoms with Crippen LogP contribution in [0.5, 0.6) is 0 Å². The summed E-state index contributed by atoms with van der Waals surface area (Å²) in [6.07, 6.45) is 2.02. The van der Waals surface area contributed by atoms with Crippen molar-refractivity contribution in [1.29, 1.82) is 0 Å². The summed E-state index contributed by atoms with van der Waals surface area (Å²) in [5.41, 5.74) is -0.432. The van der Waals surface area contributed by atoms with Crippen LogP contribution in [-0.2, 0) is 9.53 Å². The lowest BCUT2D eigenvalue weighted by molar-refractivity contribution is -0.119. The first-order chi connectivity index (χ1) is 11.7. The molecule has 134 valence electrons. The number of ether oxygens (including phenoxy) is 1. The smallest absolute Gasteiger partial charge is 0.412 e. The van der Waals surface area contributed by atoms with E-state index in [9.17, 15) is 14.0 Å². The molecule has 0 radical (unpaired) electrons. The Kier molecular flexibility index (Phi) is 5.35. The Balaban J connectivity index is 2.08. The fraction of sp³-hybridized carbons (Fsp3) is 0.375. The van der Waals surface area contributed by atoms with Crippen molar-refractivity contribution in [3.8, 4) is 0 Å². The number of hydrogen-bond acceptors (Lipinski definition) is 5. The molecule has 0 aliphatic rings. The summed E-state index contributed by atoms with van der Waals surface area (Å²) in [4.78, 5) is 27.7. The predicted molar refractivity (Wildman–Crippen MR) is 89.6 cm³/mol. The minimum absolute atomic E-state index is 0.0643. The molecule has 2 rings (SSSR count). The molecule has 1 aromatic heterocycles. The van der Waals surface area contributed by atoms with Gasteiger partial charge < -0.3 is 10.1 Å². The lowest BCUT2D eigenvalue weighted by Crippen LogP contribution is -2.27. The number of nitrogens with zero attached hydrogens (tertiary/aromatic N) is 3. The van der Waals surface area contributed by atoms with Crippen molar-refractivity contribution in [2.24, 2.45) is 0 Å². The highest BCUT2D eigenvalue weighted by atomic mass is 19.1. The summed E-state index contributed by atoms with van der Waals surface area (Å²) < 4.78 is 20.4. The molecule has 8 nitrogen and oxygen atoms in total. The van der Waals surface area contributed by atoms with Crippen molar-refractivity contribution in [2.75, 3.05) is 10.6 Å². The van der Waals surface area contributed by atoms with Crippen molar-refractivity contribution >= 4 is 23.4 Å². The zero-order valence-corrected chi connectivity index (χ0v) is 14.4. The van der Waals surface area contributed by atoms with E-state index in [2.05, 4.69) is 20.7 Å². The largest absolute Gasteiger partial charge is 0.444 e. The van der Waals surface area contributed by atoms with E-state index in [1.807, 2.05) is 0 Å². The zero-order valence-electron chi connectivity index (χ0n) is 14.4. The number of aromatic nitrogens is 3. The first-order valence-corrected chi connectivity index (χ1v) is 7.60. The standard InChI is InChI=1S/C16H20FN5O3/c1-10(22-9-18-8-19-22)14(23)21-13-7-11(5-6-12(13)17)20-15(24)25-16(2,3)4/h5-10H,1-4H3,(H,20,24)(H,21,23)/t10-/m0/s1. The van der Waals surface area contributed by atoms with E-state index in [4.69, 9.17) is 4.74 Å². The lowest BCUT2D eigenvalue weighted by Gasteiger charge is -2.20. The van der Waals surface area contributed by atoms with Gasteiger partial charge in [0.2, 0.25) is 5.91 Å². The molecular weight excluding hydrogens is 329 g/mol. The summed E-state index contributed by atoms with van der Waals surface area (Å²) >= 11 is 0. The summed E-state index contributed by atoms with van der Waals surface area (Å²) in [6, 6.07) is 3.15. The van der Waals surface area contributed by atoms with Gasteiger partial charge in [-0.2, -0.15) is 5.10 Å². The van der Waals surface area contributed by atoms with Crippen molar-refractivity contribution in [3.05, 3.63) is 36.7 Å². The molecular formula is C16H20FN5O3. The van der Waals surface area contributed by atoms with E-state index < -0.39 is 29.5 Å². The minimum atomic E-state index is -0.677. The molecule has 0 saturated carbocycles. The molecule has 2 amide bonds. The van der Waals surface area contributed by atoms with E-state index in [0.29, 0.717) is 5.69 Å². The number of halogens is 1. The number of hydrogen-bond donors (Lipinski definition) is 2. The van der Waals surface area contributed by atoms with Gasteiger partial charge >= 0.3 is 6.09 Å². The first-order valence-electron chi connectivity index (χ1n) is 7.60. The van der Waals surface area contributed by atoms with Crippen molar-refractivity contribution < 1.29 is 18.7 Å². The average Bonchev–Trinajstić information content (AvgIpc) is 3.02. The second-order valence-electron chi connectivity index (χ2n) is 6.36. The molecule has 25 heavy (non-hydrogen) atoms. The zero-order chi connectivity index (χ0) is 18.6. The van der Waals surface area contributed by atoms with Gasteiger partial charge in [0.25, 0.3) is 0 Å². The summed E-state index contributed by atoms with van der Waals surface area (Å²) in [5.74, 6) is -1.10. The Morgan fingerprint density at radius 3 is 2.60 bits per heavy atom. The van der Waals surface area contributed by atoms with Crippen LogP contribution in [0.4, 0.5) is 20.6 Å². The monoisotopic (exact) mass is 349 g/mol. The van der Waals surface area contributed by atoms with Gasteiger partial charge in [-0.1, -0.05) is 0 Å². The molecule has 0 bridgehead atoms. The molecule has 1 atom stereocenters. The summed E-state index contributed by atoms with van der Waals surface area (Å²) in [6.45, 7) is 6.79. The third kappa shape index (κ3) is 5.27. The van der Waals surface area contributed by atoms with Crippen LogP contribution >= 0.6 is 0 Å². The average molecular weight is 349 g/mol. The summed E-state index contributed by atoms with van der Waals surface area (Å²) in [7, 11) is 0. The minimum Gasteiger partial charge on any atom is -0.444 e. The second kappa shape index (κ2) is 7.29. The molecule has 0 aliphatic carbocycles. The van der Waals surface area contributed by atoms with Crippen LogP contribution in [0, 0.1) is 5.82 Å². The maximum atomic E-state index is 14.0. The maximum absolute atomic E-state index is 14.0. The molecule has 0 saturated heterocycles. The van der Waals surface area contributed by atoms with Crippen molar-refractivity contribution in [1.82, 2.24) is 14.8 Å². The molecule has 2 N–H and O–H groups in total. The van der Waals surface area contributed by atoms with Crippen LogP contribution in [-0.4, -0.2) is 32.4 Å². The van der Waals surface area contributed by atoms with Gasteiger partial charge in [-0.3, -0.25) is 10.1 Å².